The van der Waals surface area contributed by atoms with Gasteiger partial charge in [0.2, 0.25) is 0 Å². The Labute approximate surface area is 73.0 Å². The summed E-state index contributed by atoms with van der Waals surface area (Å²) in [6.07, 6.45) is 2.73. The highest BCUT2D eigenvalue weighted by Gasteiger charge is 2.63. The number of hydrogen-bond donors (Lipinski definition) is 1. The lowest BCUT2D eigenvalue weighted by molar-refractivity contribution is -0.132. The number of fused-ring (bicyclic) bond motifs is 2. The van der Waals surface area contributed by atoms with Gasteiger partial charge in [0.15, 0.2) is 0 Å². The van der Waals surface area contributed by atoms with E-state index in [2.05, 4.69) is 13.8 Å². The largest absolute Gasteiger partial charge is 0.395 e. The maximum absolute atomic E-state index is 11.6. The number of aliphatic hydroxyl groups is 1. The Bertz CT molecular complexity index is 232. The van der Waals surface area contributed by atoms with Crippen LogP contribution in [-0.2, 0) is 4.79 Å². The molecule has 12 heavy (non-hydrogen) atoms. The third-order valence-corrected chi connectivity index (χ3v) is 4.41. The van der Waals surface area contributed by atoms with Crippen LogP contribution in [0.3, 0.4) is 0 Å². The highest BCUT2D eigenvalue weighted by atomic mass is 16.3. The Morgan fingerprint density at radius 3 is 2.50 bits per heavy atom. The van der Waals surface area contributed by atoms with Gasteiger partial charge in [-0.3, -0.25) is 4.79 Å². The minimum Gasteiger partial charge on any atom is -0.395 e. The molecule has 2 fully saturated rings. The summed E-state index contributed by atoms with van der Waals surface area (Å²) in [5.74, 6) is 0.823. The molecule has 2 unspecified atom stereocenters. The first-order chi connectivity index (χ1) is 5.54. The zero-order chi connectivity index (χ0) is 8.98. The normalized spacial score (nSPS) is 43.9. The predicted octanol–water partition coefficient (Wildman–Crippen LogP) is 1.37. The highest BCUT2D eigenvalue weighted by molar-refractivity contribution is 5.89. The van der Waals surface area contributed by atoms with Crippen molar-refractivity contribution in [2.24, 2.45) is 16.7 Å². The van der Waals surface area contributed by atoms with Gasteiger partial charge in [-0.05, 0) is 24.2 Å². The van der Waals surface area contributed by atoms with E-state index >= 15 is 0 Å². The molecule has 2 saturated carbocycles. The highest BCUT2D eigenvalue weighted by Crippen LogP contribution is 2.63. The Balaban J connectivity index is 2.46. The van der Waals surface area contributed by atoms with E-state index in [1.165, 1.54) is 0 Å². The van der Waals surface area contributed by atoms with Gasteiger partial charge in [-0.1, -0.05) is 13.8 Å². The zero-order valence-corrected chi connectivity index (χ0v) is 7.76. The molecule has 0 saturated heterocycles. The SMILES string of the molecule is CC1(C)C2CCC1(CO)C(=O)C2. The number of Topliss-reactive ketones (excluding diaryl/α,β-unsaturated/α-hetero) is 1. The molecule has 0 aromatic rings. The van der Waals surface area contributed by atoms with E-state index < -0.39 is 0 Å². The van der Waals surface area contributed by atoms with Crippen molar-refractivity contribution in [2.45, 2.75) is 33.1 Å². The fourth-order valence-electron chi connectivity index (χ4n) is 3.14. The van der Waals surface area contributed by atoms with Crippen LogP contribution in [0.25, 0.3) is 0 Å². The molecule has 2 atom stereocenters. The van der Waals surface area contributed by atoms with E-state index in [9.17, 15) is 9.90 Å². The minimum absolute atomic E-state index is 0.0405. The molecular weight excluding hydrogens is 152 g/mol. The third kappa shape index (κ3) is 0.634. The monoisotopic (exact) mass is 168 g/mol. The van der Waals surface area contributed by atoms with Crippen LogP contribution < -0.4 is 0 Å². The molecule has 0 aromatic carbocycles. The lowest BCUT2D eigenvalue weighted by atomic mass is 9.69. The molecule has 2 aliphatic carbocycles. The van der Waals surface area contributed by atoms with Gasteiger partial charge in [-0.15, -0.1) is 0 Å². The van der Waals surface area contributed by atoms with Crippen molar-refractivity contribution >= 4 is 5.78 Å². The van der Waals surface area contributed by atoms with Crippen LogP contribution in [0.5, 0.6) is 0 Å². The maximum Gasteiger partial charge on any atom is 0.142 e. The van der Waals surface area contributed by atoms with Crippen molar-refractivity contribution < 1.29 is 9.90 Å². The summed E-state index contributed by atoms with van der Waals surface area (Å²) in [4.78, 5) is 11.6. The summed E-state index contributed by atoms with van der Waals surface area (Å²) >= 11 is 0. The van der Waals surface area contributed by atoms with Crippen molar-refractivity contribution in [2.75, 3.05) is 6.61 Å². The lowest BCUT2D eigenvalue weighted by Gasteiger charge is -2.34. The smallest absolute Gasteiger partial charge is 0.142 e. The second-order valence-corrected chi connectivity index (χ2v) is 4.82. The third-order valence-electron chi connectivity index (χ3n) is 4.41. The Hall–Kier alpha value is -0.370. The fraction of sp³-hybridized carbons (Fsp3) is 0.900. The second-order valence-electron chi connectivity index (χ2n) is 4.82. The quantitative estimate of drug-likeness (QED) is 0.642. The molecule has 1 N–H and O–H groups in total. The van der Waals surface area contributed by atoms with E-state index in [4.69, 9.17) is 0 Å². The molecule has 0 aliphatic heterocycles. The number of hydrogen-bond acceptors (Lipinski definition) is 2. The lowest BCUT2D eigenvalue weighted by Crippen LogP contribution is -2.39. The van der Waals surface area contributed by atoms with Gasteiger partial charge < -0.3 is 5.11 Å². The summed E-state index contributed by atoms with van der Waals surface area (Å²) in [7, 11) is 0. The van der Waals surface area contributed by atoms with Crippen LogP contribution >= 0.6 is 0 Å². The van der Waals surface area contributed by atoms with Crippen molar-refractivity contribution in [1.82, 2.24) is 0 Å². The number of ketones is 1. The van der Waals surface area contributed by atoms with Gasteiger partial charge >= 0.3 is 0 Å². The van der Waals surface area contributed by atoms with Crippen LogP contribution in [0.1, 0.15) is 33.1 Å². The van der Waals surface area contributed by atoms with Crippen LogP contribution in [0.2, 0.25) is 0 Å². The van der Waals surface area contributed by atoms with Gasteiger partial charge in [0.1, 0.15) is 5.78 Å². The predicted molar refractivity (Wildman–Crippen MR) is 45.6 cm³/mol. The Morgan fingerprint density at radius 2 is 2.25 bits per heavy atom. The van der Waals surface area contributed by atoms with E-state index in [0.717, 1.165) is 12.8 Å². The van der Waals surface area contributed by atoms with Crippen LogP contribution in [0, 0.1) is 16.7 Å². The zero-order valence-electron chi connectivity index (χ0n) is 7.76. The van der Waals surface area contributed by atoms with Crippen LogP contribution in [0.15, 0.2) is 0 Å². The average Bonchev–Trinajstić information content (AvgIpc) is 2.36. The molecular formula is C10H16O2. The molecule has 0 spiro atoms. The van der Waals surface area contributed by atoms with Gasteiger partial charge in [0.25, 0.3) is 0 Å². The summed E-state index contributed by atoms with van der Waals surface area (Å²) in [5.41, 5.74) is -0.337. The summed E-state index contributed by atoms with van der Waals surface area (Å²) in [5, 5.41) is 9.33. The first kappa shape index (κ1) is 8.24. The molecule has 0 amide bonds. The van der Waals surface area contributed by atoms with Crippen LogP contribution in [-0.4, -0.2) is 17.5 Å². The van der Waals surface area contributed by atoms with E-state index in [-0.39, 0.29) is 17.4 Å². The van der Waals surface area contributed by atoms with Gasteiger partial charge in [-0.25, -0.2) is 0 Å². The standard InChI is InChI=1S/C10H16O2/c1-9(2)7-3-4-10(9,6-11)8(12)5-7/h7,11H,3-6H2,1-2H3. The molecule has 68 valence electrons. The number of rotatable bonds is 1. The van der Waals surface area contributed by atoms with Gasteiger partial charge in [0.05, 0.1) is 12.0 Å². The topological polar surface area (TPSA) is 37.3 Å². The molecule has 0 aromatic heterocycles. The fourth-order valence-corrected chi connectivity index (χ4v) is 3.14. The molecule has 2 heteroatoms. The van der Waals surface area contributed by atoms with E-state index in [0.29, 0.717) is 18.1 Å². The van der Waals surface area contributed by atoms with Gasteiger partial charge in [-0.2, -0.15) is 0 Å². The van der Waals surface area contributed by atoms with E-state index in [1.54, 1.807) is 0 Å². The first-order valence-electron chi connectivity index (χ1n) is 4.69. The molecule has 2 aliphatic rings. The van der Waals surface area contributed by atoms with Crippen molar-refractivity contribution in [3.8, 4) is 0 Å². The second kappa shape index (κ2) is 2.11. The van der Waals surface area contributed by atoms with E-state index in [1.807, 2.05) is 0 Å². The maximum atomic E-state index is 11.6. The summed E-state index contributed by atoms with van der Waals surface area (Å²) in [6, 6.07) is 0. The summed E-state index contributed by atoms with van der Waals surface area (Å²) < 4.78 is 0. The average molecular weight is 168 g/mol. The first-order valence-corrected chi connectivity index (χ1v) is 4.69. The number of aliphatic hydroxyl groups excluding tert-OH is 1. The van der Waals surface area contributed by atoms with Gasteiger partial charge in [0, 0.05) is 6.42 Å². The number of carbonyl (C=O) groups excluding carboxylic acids is 1. The molecule has 2 nitrogen and oxygen atoms in total. The van der Waals surface area contributed by atoms with Crippen molar-refractivity contribution in [3.63, 3.8) is 0 Å². The van der Waals surface area contributed by atoms with Crippen LogP contribution in [0.4, 0.5) is 0 Å². The van der Waals surface area contributed by atoms with Crippen molar-refractivity contribution in [1.29, 1.82) is 0 Å². The summed E-state index contributed by atoms with van der Waals surface area (Å²) in [6.45, 7) is 4.31. The Kier molecular flexibility index (Phi) is 1.45. The molecule has 2 rings (SSSR count). The Morgan fingerprint density at radius 1 is 1.58 bits per heavy atom. The molecule has 2 bridgehead atoms. The minimum atomic E-state index is -0.377. The van der Waals surface area contributed by atoms with Crippen molar-refractivity contribution in [3.05, 3.63) is 0 Å². The molecule has 0 heterocycles. The number of carbonyl (C=O) groups is 1. The molecule has 0 radical (unpaired) electrons.